The molecule has 1 N–H and O–H groups in total. The molecular weight excluding hydrogens is 290 g/mol. The Balaban J connectivity index is 2.45. The van der Waals surface area contributed by atoms with Crippen LogP contribution in [0.1, 0.15) is 11.3 Å². The molecule has 0 bridgehead atoms. The molecule has 98 valence electrons. The van der Waals surface area contributed by atoms with Gasteiger partial charge in [-0.3, -0.25) is 4.68 Å². The van der Waals surface area contributed by atoms with Crippen LogP contribution in [0.5, 0.6) is 0 Å². The zero-order valence-electron chi connectivity index (χ0n) is 10.1. The van der Waals surface area contributed by atoms with Crippen molar-refractivity contribution in [2.24, 2.45) is 7.05 Å². The molecule has 0 aliphatic rings. The zero-order chi connectivity index (χ0) is 14.2. The molecule has 0 aliphatic heterocycles. The highest BCUT2D eigenvalue weighted by molar-refractivity contribution is 6.35. The lowest BCUT2D eigenvalue weighted by atomic mass is 10.2. The van der Waals surface area contributed by atoms with Crippen molar-refractivity contribution in [1.82, 2.24) is 9.78 Å². The average molecular weight is 299 g/mol. The summed E-state index contributed by atoms with van der Waals surface area (Å²) in [5.74, 6) is -0.172. The van der Waals surface area contributed by atoms with Crippen LogP contribution < -0.4 is 5.32 Å². The number of anilines is 2. The molecule has 4 nitrogen and oxygen atoms in total. The van der Waals surface area contributed by atoms with Gasteiger partial charge in [-0.2, -0.15) is 10.4 Å². The van der Waals surface area contributed by atoms with Crippen LogP contribution in [0.2, 0.25) is 10.0 Å². The molecular formula is C12H9Cl2FN4. The maximum atomic E-state index is 13.3. The zero-order valence-corrected chi connectivity index (χ0v) is 11.6. The second kappa shape index (κ2) is 5.08. The third kappa shape index (κ3) is 2.50. The van der Waals surface area contributed by atoms with E-state index in [-0.39, 0.29) is 10.0 Å². The summed E-state index contributed by atoms with van der Waals surface area (Å²) < 4.78 is 14.8. The van der Waals surface area contributed by atoms with Crippen LogP contribution >= 0.6 is 23.2 Å². The van der Waals surface area contributed by atoms with E-state index in [2.05, 4.69) is 16.5 Å². The minimum absolute atomic E-state index is 0.0904. The summed E-state index contributed by atoms with van der Waals surface area (Å²) in [7, 11) is 1.70. The lowest BCUT2D eigenvalue weighted by molar-refractivity contribution is 0.629. The van der Waals surface area contributed by atoms with Gasteiger partial charge in [-0.1, -0.05) is 23.2 Å². The standard InChI is InChI=1S/C12H9Cl2FN4/c1-6-8(5-16)12(19(2)18-6)17-7-3-9(13)11(15)10(14)4-7/h3-4,17H,1-2H3. The molecule has 1 aromatic heterocycles. The Kier molecular flexibility index (Phi) is 3.65. The Morgan fingerprint density at radius 1 is 1.37 bits per heavy atom. The molecule has 0 atom stereocenters. The molecule has 1 heterocycles. The van der Waals surface area contributed by atoms with Crippen molar-refractivity contribution in [2.75, 3.05) is 5.32 Å². The van der Waals surface area contributed by atoms with E-state index in [0.717, 1.165) is 0 Å². The fraction of sp³-hybridized carbons (Fsp3) is 0.167. The number of aryl methyl sites for hydroxylation is 2. The third-order valence-corrected chi connectivity index (χ3v) is 3.13. The van der Waals surface area contributed by atoms with E-state index in [1.807, 2.05) is 0 Å². The first-order chi connectivity index (χ1) is 8.93. The lowest BCUT2D eigenvalue weighted by Gasteiger charge is -2.09. The van der Waals surface area contributed by atoms with E-state index < -0.39 is 5.82 Å². The van der Waals surface area contributed by atoms with Gasteiger partial charge in [0.05, 0.1) is 15.7 Å². The summed E-state index contributed by atoms with van der Waals surface area (Å²) in [4.78, 5) is 0. The second-order valence-electron chi connectivity index (χ2n) is 3.92. The molecule has 0 saturated carbocycles. The molecule has 0 amide bonds. The predicted molar refractivity (Wildman–Crippen MR) is 72.4 cm³/mol. The van der Waals surface area contributed by atoms with Gasteiger partial charge in [-0.25, -0.2) is 4.39 Å². The summed E-state index contributed by atoms with van der Waals surface area (Å²) >= 11 is 11.4. The van der Waals surface area contributed by atoms with E-state index in [4.69, 9.17) is 28.5 Å². The van der Waals surface area contributed by atoms with E-state index >= 15 is 0 Å². The summed E-state index contributed by atoms with van der Waals surface area (Å²) in [6.45, 7) is 1.73. The number of rotatable bonds is 2. The first-order valence-electron chi connectivity index (χ1n) is 5.29. The number of halogens is 3. The number of nitrogens with one attached hydrogen (secondary N) is 1. The fourth-order valence-electron chi connectivity index (χ4n) is 1.70. The van der Waals surface area contributed by atoms with Crippen molar-refractivity contribution in [3.05, 3.63) is 39.3 Å². The van der Waals surface area contributed by atoms with Crippen LogP contribution in [-0.4, -0.2) is 9.78 Å². The Hall–Kier alpha value is -1.77. The largest absolute Gasteiger partial charge is 0.339 e. The monoisotopic (exact) mass is 298 g/mol. The molecule has 2 rings (SSSR count). The number of benzene rings is 1. The van der Waals surface area contributed by atoms with Crippen molar-refractivity contribution in [3.8, 4) is 6.07 Å². The van der Waals surface area contributed by atoms with Crippen molar-refractivity contribution in [1.29, 1.82) is 5.26 Å². The number of aromatic nitrogens is 2. The minimum atomic E-state index is -0.671. The van der Waals surface area contributed by atoms with Gasteiger partial charge in [-0.05, 0) is 19.1 Å². The first kappa shape index (κ1) is 13.7. The van der Waals surface area contributed by atoms with Crippen molar-refractivity contribution in [3.63, 3.8) is 0 Å². The molecule has 7 heteroatoms. The van der Waals surface area contributed by atoms with Gasteiger partial charge in [0.1, 0.15) is 17.5 Å². The van der Waals surface area contributed by atoms with Crippen LogP contribution in [0, 0.1) is 24.1 Å². The quantitative estimate of drug-likeness (QED) is 0.858. The van der Waals surface area contributed by atoms with Gasteiger partial charge >= 0.3 is 0 Å². The van der Waals surface area contributed by atoms with Gasteiger partial charge < -0.3 is 5.32 Å². The SMILES string of the molecule is Cc1nn(C)c(Nc2cc(Cl)c(F)c(Cl)c2)c1C#N. The number of hydrogen-bond acceptors (Lipinski definition) is 3. The van der Waals surface area contributed by atoms with Crippen LogP contribution in [0.15, 0.2) is 12.1 Å². The predicted octanol–water partition coefficient (Wildman–Crippen LogP) is 3.79. The van der Waals surface area contributed by atoms with Crippen LogP contribution in [0.4, 0.5) is 15.9 Å². The lowest BCUT2D eigenvalue weighted by Crippen LogP contribution is -2.01. The second-order valence-corrected chi connectivity index (χ2v) is 4.74. The Morgan fingerprint density at radius 3 is 2.47 bits per heavy atom. The van der Waals surface area contributed by atoms with E-state index in [1.165, 1.54) is 16.8 Å². The molecule has 2 aromatic rings. The summed E-state index contributed by atoms with van der Waals surface area (Å²) in [5.41, 5.74) is 1.50. The third-order valence-electron chi connectivity index (χ3n) is 2.58. The van der Waals surface area contributed by atoms with Crippen molar-refractivity contribution < 1.29 is 4.39 Å². The topological polar surface area (TPSA) is 53.6 Å². The highest BCUT2D eigenvalue weighted by Crippen LogP contribution is 2.30. The highest BCUT2D eigenvalue weighted by Gasteiger charge is 2.14. The van der Waals surface area contributed by atoms with E-state index in [9.17, 15) is 4.39 Å². The number of nitriles is 1. The molecule has 0 spiro atoms. The van der Waals surface area contributed by atoms with Gasteiger partial charge in [-0.15, -0.1) is 0 Å². The van der Waals surface area contributed by atoms with E-state index in [0.29, 0.717) is 22.8 Å². The fourth-order valence-corrected chi connectivity index (χ4v) is 2.19. The highest BCUT2D eigenvalue weighted by atomic mass is 35.5. The molecule has 19 heavy (non-hydrogen) atoms. The maximum absolute atomic E-state index is 13.3. The summed E-state index contributed by atoms with van der Waals surface area (Å²) in [5, 5.41) is 16.0. The van der Waals surface area contributed by atoms with Crippen molar-refractivity contribution >= 4 is 34.7 Å². The van der Waals surface area contributed by atoms with Crippen molar-refractivity contribution in [2.45, 2.75) is 6.92 Å². The summed E-state index contributed by atoms with van der Waals surface area (Å²) in [6.07, 6.45) is 0. The van der Waals surface area contributed by atoms with E-state index in [1.54, 1.807) is 14.0 Å². The summed E-state index contributed by atoms with van der Waals surface area (Å²) in [6, 6.07) is 4.85. The van der Waals surface area contributed by atoms with Crippen LogP contribution in [-0.2, 0) is 7.05 Å². The first-order valence-corrected chi connectivity index (χ1v) is 6.05. The smallest absolute Gasteiger partial charge is 0.160 e. The Morgan fingerprint density at radius 2 is 1.95 bits per heavy atom. The molecule has 1 aromatic carbocycles. The van der Waals surface area contributed by atoms with Crippen LogP contribution in [0.3, 0.4) is 0 Å². The normalized spacial score (nSPS) is 10.3. The number of nitrogens with zero attached hydrogens (tertiary/aromatic N) is 3. The molecule has 0 saturated heterocycles. The minimum Gasteiger partial charge on any atom is -0.339 e. The molecule has 0 fully saturated rings. The maximum Gasteiger partial charge on any atom is 0.160 e. The van der Waals surface area contributed by atoms with Gasteiger partial charge in [0, 0.05) is 12.7 Å². The number of hydrogen-bond donors (Lipinski definition) is 1. The van der Waals surface area contributed by atoms with Gasteiger partial charge in [0.25, 0.3) is 0 Å². The molecule has 0 aliphatic carbocycles. The Bertz CT molecular complexity index is 665. The molecule has 0 radical (unpaired) electrons. The Labute approximate surface area is 119 Å². The molecule has 0 unspecified atom stereocenters. The van der Waals surface area contributed by atoms with Gasteiger partial charge in [0.15, 0.2) is 5.82 Å². The van der Waals surface area contributed by atoms with Crippen LogP contribution in [0.25, 0.3) is 0 Å². The van der Waals surface area contributed by atoms with Gasteiger partial charge in [0.2, 0.25) is 0 Å². The average Bonchev–Trinajstić information content (AvgIpc) is 2.60.